The molecule has 2 N–H and O–H groups in total. The van der Waals surface area contributed by atoms with E-state index in [1.807, 2.05) is 53.8 Å². The SMILES string of the molecule is CC1C=Cc2c(sc3cccc(C(=N/Cc4ccccc4)/N=C(\N)c4cccc5oc6cccc(-c7ccc8ccccc8c7)c6c45)c23)C1. The maximum atomic E-state index is 7.07. The van der Waals surface area contributed by atoms with Crippen LogP contribution in [-0.4, -0.2) is 11.7 Å². The Morgan fingerprint density at radius 2 is 1.51 bits per heavy atom. The molecule has 0 fully saturated rings. The summed E-state index contributed by atoms with van der Waals surface area (Å²) in [4.78, 5) is 11.8. The molecule has 0 bridgehead atoms. The van der Waals surface area contributed by atoms with Crippen molar-refractivity contribution in [3.8, 4) is 11.1 Å². The van der Waals surface area contributed by atoms with E-state index < -0.39 is 0 Å². The van der Waals surface area contributed by atoms with Crippen LogP contribution in [0, 0.1) is 5.92 Å². The van der Waals surface area contributed by atoms with Gasteiger partial charge in [0.2, 0.25) is 0 Å². The predicted octanol–water partition coefficient (Wildman–Crippen LogP) is 11.2. The zero-order chi connectivity index (χ0) is 32.9. The first-order valence-corrected chi connectivity index (χ1v) is 17.5. The van der Waals surface area contributed by atoms with E-state index >= 15 is 0 Å². The van der Waals surface area contributed by atoms with Gasteiger partial charge < -0.3 is 10.2 Å². The third kappa shape index (κ3) is 5.24. The normalized spacial score (nSPS) is 15.1. The number of nitrogens with two attached hydrogens (primary N) is 1. The fourth-order valence-electron chi connectivity index (χ4n) is 7.14. The molecule has 4 nitrogen and oxygen atoms in total. The minimum atomic E-state index is 0.402. The van der Waals surface area contributed by atoms with Gasteiger partial charge in [0.05, 0.1) is 6.54 Å². The lowest BCUT2D eigenvalue weighted by molar-refractivity contribution is 0.669. The average molecular weight is 652 g/mol. The molecule has 2 aromatic heterocycles. The summed E-state index contributed by atoms with van der Waals surface area (Å²) in [5, 5.41) is 5.58. The maximum absolute atomic E-state index is 7.07. The summed E-state index contributed by atoms with van der Waals surface area (Å²) in [6.45, 7) is 2.77. The Balaban J connectivity index is 1.24. The Kier molecular flexibility index (Phi) is 7.21. The summed E-state index contributed by atoms with van der Waals surface area (Å²) in [5.74, 6) is 1.55. The number of nitrogens with zero attached hydrogens (tertiary/aromatic N) is 2. The molecule has 236 valence electrons. The van der Waals surface area contributed by atoms with Crippen molar-refractivity contribution in [1.29, 1.82) is 0 Å². The van der Waals surface area contributed by atoms with Gasteiger partial charge in [-0.15, -0.1) is 11.3 Å². The number of amidine groups is 2. The maximum Gasteiger partial charge on any atom is 0.158 e. The van der Waals surface area contributed by atoms with Crippen LogP contribution in [0.25, 0.3) is 60.0 Å². The molecule has 8 aromatic rings. The van der Waals surface area contributed by atoms with E-state index in [0.29, 0.717) is 24.1 Å². The van der Waals surface area contributed by atoms with Crippen molar-refractivity contribution in [1.82, 2.24) is 0 Å². The molecular formula is C44H33N3OS. The van der Waals surface area contributed by atoms with Gasteiger partial charge in [-0.3, -0.25) is 4.99 Å². The molecule has 0 aliphatic heterocycles. The van der Waals surface area contributed by atoms with Crippen molar-refractivity contribution in [3.63, 3.8) is 0 Å². The minimum absolute atomic E-state index is 0.402. The van der Waals surface area contributed by atoms with Gasteiger partial charge in [-0.25, -0.2) is 4.99 Å². The molecule has 5 heteroatoms. The van der Waals surface area contributed by atoms with Gasteiger partial charge in [-0.05, 0) is 69.6 Å². The average Bonchev–Trinajstić information content (AvgIpc) is 3.71. The molecule has 0 saturated heterocycles. The van der Waals surface area contributed by atoms with Crippen LogP contribution in [0.4, 0.5) is 0 Å². The van der Waals surface area contributed by atoms with Crippen molar-refractivity contribution in [2.45, 2.75) is 19.9 Å². The van der Waals surface area contributed by atoms with Gasteiger partial charge in [0.15, 0.2) is 5.84 Å². The van der Waals surface area contributed by atoms with Gasteiger partial charge >= 0.3 is 0 Å². The van der Waals surface area contributed by atoms with Gasteiger partial charge in [0, 0.05) is 36.9 Å². The van der Waals surface area contributed by atoms with E-state index in [-0.39, 0.29) is 0 Å². The number of thiophene rings is 1. The molecular weight excluding hydrogens is 619 g/mol. The molecule has 1 aliphatic carbocycles. The Morgan fingerprint density at radius 3 is 2.39 bits per heavy atom. The number of rotatable bonds is 5. The molecule has 9 rings (SSSR count). The van der Waals surface area contributed by atoms with E-state index in [9.17, 15) is 0 Å². The standard InChI is InChI=1S/C44H33N3OS/c1-27-20-23-33-39(24-27)49-38-19-9-16-35(40(33)38)44(46-26-28-10-3-2-4-11-28)47-43(45)34-15-8-18-37-42(34)41-32(14-7-17-36(41)48-37)31-22-21-29-12-5-6-13-30(29)25-31/h2-23,25,27H,24,26H2,1H3,(H2,45,46,47). The van der Waals surface area contributed by atoms with E-state index in [2.05, 4.69) is 104 Å². The van der Waals surface area contributed by atoms with Crippen molar-refractivity contribution >= 4 is 71.9 Å². The molecule has 2 heterocycles. The summed E-state index contributed by atoms with van der Waals surface area (Å²) < 4.78 is 7.70. The highest BCUT2D eigenvalue weighted by atomic mass is 32.1. The number of allylic oxidation sites excluding steroid dienone is 1. The minimum Gasteiger partial charge on any atom is -0.456 e. The summed E-state index contributed by atoms with van der Waals surface area (Å²) in [5.41, 5.74) is 15.1. The molecule has 0 spiro atoms. The molecule has 0 radical (unpaired) electrons. The highest BCUT2D eigenvalue weighted by Crippen LogP contribution is 2.41. The molecule has 49 heavy (non-hydrogen) atoms. The Hall–Kier alpha value is -5.78. The lowest BCUT2D eigenvalue weighted by Crippen LogP contribution is -2.17. The third-order valence-electron chi connectivity index (χ3n) is 9.51. The number of furan rings is 1. The number of hydrogen-bond acceptors (Lipinski definition) is 3. The van der Waals surface area contributed by atoms with Crippen molar-refractivity contribution in [2.75, 3.05) is 0 Å². The number of benzene rings is 6. The topological polar surface area (TPSA) is 63.9 Å². The molecule has 6 aromatic carbocycles. The third-order valence-corrected chi connectivity index (χ3v) is 10.7. The van der Waals surface area contributed by atoms with Gasteiger partial charge in [-0.1, -0.05) is 122 Å². The number of hydrogen-bond donors (Lipinski definition) is 1. The second kappa shape index (κ2) is 12.0. The first-order valence-electron chi connectivity index (χ1n) is 16.7. The summed E-state index contributed by atoms with van der Waals surface area (Å²) in [7, 11) is 0. The van der Waals surface area contributed by atoms with E-state index in [4.69, 9.17) is 20.1 Å². The van der Waals surface area contributed by atoms with Crippen LogP contribution >= 0.6 is 11.3 Å². The fourth-order valence-corrected chi connectivity index (χ4v) is 8.50. The molecule has 1 atom stereocenters. The number of fused-ring (bicyclic) bond motifs is 7. The van der Waals surface area contributed by atoms with Crippen molar-refractivity contribution in [2.24, 2.45) is 21.6 Å². The van der Waals surface area contributed by atoms with Crippen LogP contribution in [0.3, 0.4) is 0 Å². The second-order valence-electron chi connectivity index (χ2n) is 12.8. The van der Waals surface area contributed by atoms with Crippen molar-refractivity contribution in [3.05, 3.63) is 161 Å². The lowest BCUT2D eigenvalue weighted by atomic mass is 9.94. The van der Waals surface area contributed by atoms with Crippen LogP contribution in [0.1, 0.15) is 34.1 Å². The molecule has 1 unspecified atom stereocenters. The Labute approximate surface area is 288 Å². The van der Waals surface area contributed by atoms with Crippen molar-refractivity contribution < 1.29 is 4.42 Å². The Morgan fingerprint density at radius 1 is 0.755 bits per heavy atom. The van der Waals surface area contributed by atoms with Gasteiger partial charge in [-0.2, -0.15) is 0 Å². The van der Waals surface area contributed by atoms with Crippen LogP contribution in [-0.2, 0) is 13.0 Å². The van der Waals surface area contributed by atoms with Crippen LogP contribution in [0.5, 0.6) is 0 Å². The highest BCUT2D eigenvalue weighted by Gasteiger charge is 2.22. The van der Waals surface area contributed by atoms with Crippen LogP contribution in [0.2, 0.25) is 0 Å². The monoisotopic (exact) mass is 651 g/mol. The quantitative estimate of drug-likeness (QED) is 0.149. The predicted molar refractivity (Wildman–Crippen MR) is 208 cm³/mol. The summed E-state index contributed by atoms with van der Waals surface area (Å²) in [6.07, 6.45) is 5.63. The van der Waals surface area contributed by atoms with E-state index in [1.54, 1.807) is 0 Å². The second-order valence-corrected chi connectivity index (χ2v) is 13.9. The molecule has 0 saturated carbocycles. The van der Waals surface area contributed by atoms with E-state index in [0.717, 1.165) is 56.2 Å². The zero-order valence-electron chi connectivity index (χ0n) is 27.1. The van der Waals surface area contributed by atoms with E-state index in [1.165, 1.54) is 31.3 Å². The molecule has 1 aliphatic rings. The summed E-state index contributed by atoms with van der Waals surface area (Å²) >= 11 is 1.87. The highest BCUT2D eigenvalue weighted by molar-refractivity contribution is 7.19. The van der Waals surface area contributed by atoms with Crippen LogP contribution < -0.4 is 5.73 Å². The van der Waals surface area contributed by atoms with Gasteiger partial charge in [0.25, 0.3) is 0 Å². The first kappa shape index (κ1) is 29.4. The molecule has 0 amide bonds. The summed E-state index contributed by atoms with van der Waals surface area (Å²) in [6, 6.07) is 44.1. The fraction of sp³-hybridized carbons (Fsp3) is 0.0909. The van der Waals surface area contributed by atoms with Crippen LogP contribution in [0.15, 0.2) is 148 Å². The first-order chi connectivity index (χ1) is 24.1. The number of aliphatic imine (C=N–C) groups is 2. The zero-order valence-corrected chi connectivity index (χ0v) is 27.9. The largest absolute Gasteiger partial charge is 0.456 e. The lowest BCUT2D eigenvalue weighted by Gasteiger charge is -2.13. The Bertz CT molecular complexity index is 2640. The smallest absolute Gasteiger partial charge is 0.158 e. The van der Waals surface area contributed by atoms with Gasteiger partial charge in [0.1, 0.15) is 17.0 Å².